The molecule has 0 amide bonds. The fourth-order valence-electron chi connectivity index (χ4n) is 0.373. The second-order valence-corrected chi connectivity index (χ2v) is 2.57. The topological polar surface area (TPSA) is 29.4 Å². The highest BCUT2D eigenvalue weighted by molar-refractivity contribution is 7.78. The summed E-state index contributed by atoms with van der Waals surface area (Å²) in [4.78, 5) is 13.8. The van der Waals surface area contributed by atoms with Gasteiger partial charge < -0.3 is 4.79 Å². The second kappa shape index (κ2) is 3.49. The first-order valence-corrected chi connectivity index (χ1v) is 3.06. The van der Waals surface area contributed by atoms with Gasteiger partial charge in [0.05, 0.1) is 10.7 Å². The van der Waals surface area contributed by atoms with E-state index in [-0.39, 0.29) is 5.54 Å². The molecule has 0 unspecified atom stereocenters. The summed E-state index contributed by atoms with van der Waals surface area (Å²) >= 11 is 4.38. The molecule has 0 spiro atoms. The van der Waals surface area contributed by atoms with Gasteiger partial charge in [-0.3, -0.25) is 0 Å². The number of hydrogen-bond donors (Lipinski definition) is 0. The Hall–Kier alpha value is -0.530. The number of carbonyl (C=O) groups is 1. The van der Waals surface area contributed by atoms with Crippen LogP contribution in [0, 0.1) is 0 Å². The molecule has 0 heterocycles. The molecule has 0 aliphatic carbocycles. The quantitative estimate of drug-likeness (QED) is 0.340. The lowest BCUT2D eigenvalue weighted by molar-refractivity contribution is -0.108. The van der Waals surface area contributed by atoms with E-state index in [9.17, 15) is 4.79 Å². The zero-order valence-electron chi connectivity index (χ0n) is 5.55. The van der Waals surface area contributed by atoms with Gasteiger partial charge in [-0.15, -0.1) is 0 Å². The first-order valence-electron chi connectivity index (χ1n) is 2.65. The molecule has 0 saturated carbocycles. The van der Waals surface area contributed by atoms with Crippen molar-refractivity contribution in [3.63, 3.8) is 0 Å². The van der Waals surface area contributed by atoms with Gasteiger partial charge in [-0.1, -0.05) is 0 Å². The Kier molecular flexibility index (Phi) is 3.28. The molecule has 0 N–H and O–H groups in total. The Bertz CT molecular complexity index is 147. The number of aldehydes is 1. The monoisotopic (exact) mass is 143 g/mol. The number of carbonyl (C=O) groups excluding carboxylic acids is 1. The van der Waals surface area contributed by atoms with Crippen LogP contribution in [0.3, 0.4) is 0 Å². The molecule has 0 aromatic heterocycles. The molecule has 0 bridgehead atoms. The maximum Gasteiger partial charge on any atom is 0.122 e. The highest BCUT2D eigenvalue weighted by Gasteiger charge is 2.13. The average molecular weight is 143 g/mol. The number of nitrogens with zero attached hydrogens (tertiary/aromatic N) is 1. The molecular formula is C6H9NOS. The van der Waals surface area contributed by atoms with Crippen molar-refractivity contribution in [1.82, 2.24) is 0 Å². The Labute approximate surface area is 60.0 Å². The summed E-state index contributed by atoms with van der Waals surface area (Å²) in [7, 11) is 0. The van der Waals surface area contributed by atoms with Gasteiger partial charge in [-0.25, -0.2) is 4.99 Å². The molecule has 50 valence electrons. The summed E-state index contributed by atoms with van der Waals surface area (Å²) in [5.41, 5.74) is -0.358. The van der Waals surface area contributed by atoms with Crippen molar-refractivity contribution in [2.24, 2.45) is 4.99 Å². The Morgan fingerprint density at radius 1 is 1.78 bits per heavy atom. The fraction of sp³-hybridized carbons (Fsp3) is 0.667. The minimum atomic E-state index is -0.358. The van der Waals surface area contributed by atoms with Crippen LogP contribution < -0.4 is 0 Å². The number of thiocarbonyl (C=S) groups is 1. The van der Waals surface area contributed by atoms with Crippen LogP contribution in [0.15, 0.2) is 4.99 Å². The smallest absolute Gasteiger partial charge is 0.122 e. The minimum absolute atomic E-state index is 0.358. The molecule has 0 aliphatic heterocycles. The van der Waals surface area contributed by atoms with E-state index in [4.69, 9.17) is 0 Å². The van der Waals surface area contributed by atoms with Crippen LogP contribution in [-0.2, 0) is 4.79 Å². The fourth-order valence-corrected chi connectivity index (χ4v) is 0.620. The highest BCUT2D eigenvalue weighted by Crippen LogP contribution is 2.10. The highest BCUT2D eigenvalue weighted by atomic mass is 32.1. The predicted octanol–water partition coefficient (Wildman–Crippen LogP) is 1.46. The van der Waals surface area contributed by atoms with Gasteiger partial charge in [-0.2, -0.15) is 0 Å². The minimum Gasteiger partial charge on any atom is -0.303 e. The zero-order chi connectivity index (χ0) is 7.33. The third-order valence-corrected chi connectivity index (χ3v) is 1.02. The summed E-state index contributed by atoms with van der Waals surface area (Å²) < 4.78 is 0. The van der Waals surface area contributed by atoms with E-state index < -0.39 is 0 Å². The number of isothiocyanates is 1. The van der Waals surface area contributed by atoms with Gasteiger partial charge in [0.15, 0.2) is 0 Å². The summed E-state index contributed by atoms with van der Waals surface area (Å²) in [5.74, 6) is 0. The third-order valence-electron chi connectivity index (χ3n) is 0.931. The van der Waals surface area contributed by atoms with E-state index in [1.54, 1.807) is 0 Å². The van der Waals surface area contributed by atoms with Gasteiger partial charge in [-0.05, 0) is 26.1 Å². The normalized spacial score (nSPS) is 10.0. The molecular weight excluding hydrogens is 134 g/mol. The van der Waals surface area contributed by atoms with E-state index in [1.807, 2.05) is 13.8 Å². The molecule has 0 radical (unpaired) electrons. The molecule has 2 nitrogen and oxygen atoms in total. The van der Waals surface area contributed by atoms with Crippen molar-refractivity contribution < 1.29 is 4.79 Å². The lowest BCUT2D eigenvalue weighted by Gasteiger charge is -2.11. The molecule has 0 atom stereocenters. The number of hydrogen-bond acceptors (Lipinski definition) is 3. The maximum atomic E-state index is 9.97. The van der Waals surface area contributed by atoms with E-state index >= 15 is 0 Å². The summed E-state index contributed by atoms with van der Waals surface area (Å²) in [6.07, 6.45) is 1.23. The van der Waals surface area contributed by atoms with Crippen LogP contribution in [0.1, 0.15) is 20.3 Å². The second-order valence-electron chi connectivity index (χ2n) is 2.39. The summed E-state index contributed by atoms with van der Waals surface area (Å²) in [5, 5.41) is 2.24. The van der Waals surface area contributed by atoms with Crippen molar-refractivity contribution >= 4 is 23.7 Å². The van der Waals surface area contributed by atoms with E-state index in [0.29, 0.717) is 6.42 Å². The Morgan fingerprint density at radius 2 is 2.33 bits per heavy atom. The number of aliphatic imine (C=N–C) groups is 1. The number of rotatable bonds is 3. The van der Waals surface area contributed by atoms with Crippen molar-refractivity contribution in [3.8, 4) is 0 Å². The molecule has 3 heteroatoms. The molecule has 0 saturated heterocycles. The standard InChI is InChI=1S/C6H9NOS/c1-6(2,3-4-8)7-5-9/h4H,3H2,1-2H3. The van der Waals surface area contributed by atoms with Crippen molar-refractivity contribution in [3.05, 3.63) is 0 Å². The van der Waals surface area contributed by atoms with Crippen LogP contribution >= 0.6 is 12.2 Å². The van der Waals surface area contributed by atoms with Gasteiger partial charge >= 0.3 is 0 Å². The Morgan fingerprint density at radius 3 is 2.67 bits per heavy atom. The van der Waals surface area contributed by atoms with Crippen LogP contribution in [0.2, 0.25) is 0 Å². The third kappa shape index (κ3) is 4.01. The van der Waals surface area contributed by atoms with Crippen LogP contribution in [0.4, 0.5) is 0 Å². The van der Waals surface area contributed by atoms with Gasteiger partial charge in [0.2, 0.25) is 0 Å². The van der Waals surface area contributed by atoms with E-state index in [1.165, 1.54) is 0 Å². The molecule has 0 aromatic rings. The van der Waals surface area contributed by atoms with Crippen LogP contribution in [0.25, 0.3) is 0 Å². The molecule has 0 aliphatic rings. The molecule has 0 fully saturated rings. The van der Waals surface area contributed by atoms with Crippen molar-refractivity contribution in [2.45, 2.75) is 25.8 Å². The zero-order valence-corrected chi connectivity index (χ0v) is 6.36. The van der Waals surface area contributed by atoms with Gasteiger partial charge in [0.25, 0.3) is 0 Å². The summed E-state index contributed by atoms with van der Waals surface area (Å²) in [6, 6.07) is 0. The molecule has 9 heavy (non-hydrogen) atoms. The van der Waals surface area contributed by atoms with Crippen molar-refractivity contribution in [2.75, 3.05) is 0 Å². The lowest BCUT2D eigenvalue weighted by atomic mass is 10.0. The van der Waals surface area contributed by atoms with Crippen LogP contribution in [-0.4, -0.2) is 17.0 Å². The molecule has 0 aromatic carbocycles. The van der Waals surface area contributed by atoms with E-state index in [2.05, 4.69) is 22.4 Å². The van der Waals surface area contributed by atoms with Gasteiger partial charge in [0, 0.05) is 6.42 Å². The average Bonchev–Trinajstić information content (AvgIpc) is 1.64. The van der Waals surface area contributed by atoms with Crippen LogP contribution in [0.5, 0.6) is 0 Å². The predicted molar refractivity (Wildman–Crippen MR) is 39.8 cm³/mol. The van der Waals surface area contributed by atoms with Gasteiger partial charge in [0.1, 0.15) is 6.29 Å². The maximum absolute atomic E-state index is 9.97. The lowest BCUT2D eigenvalue weighted by Crippen LogP contribution is -2.16. The first kappa shape index (κ1) is 8.47. The molecule has 0 rings (SSSR count). The van der Waals surface area contributed by atoms with Crippen molar-refractivity contribution in [1.29, 1.82) is 0 Å². The SMILES string of the molecule is CC(C)(CC=O)N=C=S. The Balaban J connectivity index is 3.99. The summed E-state index contributed by atoms with van der Waals surface area (Å²) in [6.45, 7) is 3.67. The largest absolute Gasteiger partial charge is 0.303 e. The first-order chi connectivity index (χ1) is 4.12. The van der Waals surface area contributed by atoms with E-state index in [0.717, 1.165) is 6.29 Å².